The molecule has 0 saturated carbocycles. The fourth-order valence-electron chi connectivity index (χ4n) is 1.99. The van der Waals surface area contributed by atoms with Crippen LogP contribution in [0, 0.1) is 18.7 Å². The van der Waals surface area contributed by atoms with Crippen LogP contribution in [-0.4, -0.2) is 19.7 Å². The standard InChI is InChI=1S/C13H18FNO/c1-10-7-12(4-5-13(10)14)16-9-11-3-2-6-15-8-11/h4-5,7,11,15H,2-3,6,8-9H2,1H3. The molecule has 1 aromatic carbocycles. The first-order chi connectivity index (χ1) is 7.75. The molecule has 2 nitrogen and oxygen atoms in total. The number of halogens is 1. The molecule has 1 aromatic rings. The van der Waals surface area contributed by atoms with Gasteiger partial charge in [0.2, 0.25) is 0 Å². The van der Waals surface area contributed by atoms with Gasteiger partial charge in [-0.3, -0.25) is 0 Å². The van der Waals surface area contributed by atoms with Crippen LogP contribution in [0.2, 0.25) is 0 Å². The van der Waals surface area contributed by atoms with Crippen molar-refractivity contribution < 1.29 is 9.13 Å². The molecule has 0 radical (unpaired) electrons. The molecule has 1 unspecified atom stereocenters. The second kappa shape index (κ2) is 5.30. The van der Waals surface area contributed by atoms with Crippen LogP contribution in [0.5, 0.6) is 5.75 Å². The van der Waals surface area contributed by atoms with Gasteiger partial charge >= 0.3 is 0 Å². The summed E-state index contributed by atoms with van der Waals surface area (Å²) in [6.07, 6.45) is 2.43. The second-order valence-electron chi connectivity index (χ2n) is 4.43. The van der Waals surface area contributed by atoms with E-state index in [1.807, 2.05) is 0 Å². The smallest absolute Gasteiger partial charge is 0.126 e. The van der Waals surface area contributed by atoms with Crippen LogP contribution in [0.3, 0.4) is 0 Å². The number of piperidine rings is 1. The summed E-state index contributed by atoms with van der Waals surface area (Å²) in [6.45, 7) is 4.62. The highest BCUT2D eigenvalue weighted by Crippen LogP contribution is 2.18. The predicted molar refractivity (Wildman–Crippen MR) is 62.2 cm³/mol. The summed E-state index contributed by atoms with van der Waals surface area (Å²) in [7, 11) is 0. The fourth-order valence-corrected chi connectivity index (χ4v) is 1.99. The lowest BCUT2D eigenvalue weighted by atomic mass is 10.0. The Balaban J connectivity index is 1.86. The molecule has 16 heavy (non-hydrogen) atoms. The van der Waals surface area contributed by atoms with E-state index in [0.29, 0.717) is 11.5 Å². The van der Waals surface area contributed by atoms with Gasteiger partial charge in [-0.05, 0) is 50.1 Å². The van der Waals surface area contributed by atoms with E-state index >= 15 is 0 Å². The highest BCUT2D eigenvalue weighted by molar-refractivity contribution is 5.28. The quantitative estimate of drug-likeness (QED) is 0.850. The molecule has 1 saturated heterocycles. The maximum Gasteiger partial charge on any atom is 0.126 e. The Labute approximate surface area is 95.8 Å². The molecule has 0 aliphatic carbocycles. The Kier molecular flexibility index (Phi) is 3.78. The van der Waals surface area contributed by atoms with E-state index in [-0.39, 0.29) is 5.82 Å². The molecule has 1 aliphatic rings. The van der Waals surface area contributed by atoms with E-state index in [1.165, 1.54) is 18.9 Å². The van der Waals surface area contributed by atoms with Crippen LogP contribution in [0.15, 0.2) is 18.2 Å². The first kappa shape index (κ1) is 11.4. The lowest BCUT2D eigenvalue weighted by Gasteiger charge is -2.22. The van der Waals surface area contributed by atoms with Crippen LogP contribution in [0.1, 0.15) is 18.4 Å². The number of ether oxygens (including phenoxy) is 1. The highest BCUT2D eigenvalue weighted by atomic mass is 19.1. The fraction of sp³-hybridized carbons (Fsp3) is 0.538. The van der Waals surface area contributed by atoms with E-state index < -0.39 is 0 Å². The molecule has 88 valence electrons. The third-order valence-corrected chi connectivity index (χ3v) is 3.01. The number of rotatable bonds is 3. The second-order valence-corrected chi connectivity index (χ2v) is 4.43. The van der Waals surface area contributed by atoms with Crippen molar-refractivity contribution >= 4 is 0 Å². The summed E-state index contributed by atoms with van der Waals surface area (Å²) in [6, 6.07) is 4.91. The zero-order chi connectivity index (χ0) is 11.4. The largest absolute Gasteiger partial charge is 0.493 e. The third kappa shape index (κ3) is 2.95. The average Bonchev–Trinajstić information content (AvgIpc) is 2.32. The number of benzene rings is 1. The molecule has 0 bridgehead atoms. The summed E-state index contributed by atoms with van der Waals surface area (Å²) in [5, 5.41) is 3.35. The van der Waals surface area contributed by atoms with E-state index in [4.69, 9.17) is 4.74 Å². The number of nitrogens with one attached hydrogen (secondary N) is 1. The van der Waals surface area contributed by atoms with E-state index in [0.717, 1.165) is 25.4 Å². The maximum atomic E-state index is 13.0. The van der Waals surface area contributed by atoms with Crippen LogP contribution in [0.25, 0.3) is 0 Å². The van der Waals surface area contributed by atoms with Crippen molar-refractivity contribution in [3.63, 3.8) is 0 Å². The van der Waals surface area contributed by atoms with Gasteiger partial charge < -0.3 is 10.1 Å². The Morgan fingerprint density at radius 1 is 1.50 bits per heavy atom. The van der Waals surface area contributed by atoms with Gasteiger partial charge in [-0.1, -0.05) is 0 Å². The minimum absolute atomic E-state index is 0.174. The number of hydrogen-bond acceptors (Lipinski definition) is 2. The third-order valence-electron chi connectivity index (χ3n) is 3.01. The normalized spacial score (nSPS) is 20.8. The van der Waals surface area contributed by atoms with Crippen molar-refractivity contribution in [2.75, 3.05) is 19.7 Å². The van der Waals surface area contributed by atoms with Crippen molar-refractivity contribution in [1.29, 1.82) is 0 Å². The minimum atomic E-state index is -0.174. The van der Waals surface area contributed by atoms with Gasteiger partial charge in [0.1, 0.15) is 11.6 Å². The summed E-state index contributed by atoms with van der Waals surface area (Å²) >= 11 is 0. The zero-order valence-electron chi connectivity index (χ0n) is 9.63. The van der Waals surface area contributed by atoms with Crippen molar-refractivity contribution in [3.05, 3.63) is 29.6 Å². The summed E-state index contributed by atoms with van der Waals surface area (Å²) in [4.78, 5) is 0. The maximum absolute atomic E-state index is 13.0. The van der Waals surface area contributed by atoms with E-state index in [9.17, 15) is 4.39 Å². The van der Waals surface area contributed by atoms with Gasteiger partial charge in [-0.15, -0.1) is 0 Å². The van der Waals surface area contributed by atoms with Crippen LogP contribution >= 0.6 is 0 Å². The van der Waals surface area contributed by atoms with Crippen molar-refractivity contribution in [3.8, 4) is 5.75 Å². The lowest BCUT2D eigenvalue weighted by Crippen LogP contribution is -2.33. The first-order valence-corrected chi connectivity index (χ1v) is 5.85. The number of hydrogen-bond donors (Lipinski definition) is 1. The average molecular weight is 223 g/mol. The molecule has 1 heterocycles. The Hall–Kier alpha value is -1.09. The molecule has 0 aromatic heterocycles. The Morgan fingerprint density at radius 3 is 3.06 bits per heavy atom. The summed E-state index contributed by atoms with van der Waals surface area (Å²) in [5.41, 5.74) is 0.638. The minimum Gasteiger partial charge on any atom is -0.493 e. The Morgan fingerprint density at radius 2 is 2.38 bits per heavy atom. The van der Waals surface area contributed by atoms with Crippen LogP contribution < -0.4 is 10.1 Å². The molecule has 1 N–H and O–H groups in total. The molecule has 0 amide bonds. The molecule has 1 aliphatic heterocycles. The molecular formula is C13H18FNO. The van der Waals surface area contributed by atoms with Gasteiger partial charge in [-0.2, -0.15) is 0 Å². The van der Waals surface area contributed by atoms with Gasteiger partial charge in [0.15, 0.2) is 0 Å². The monoisotopic (exact) mass is 223 g/mol. The molecule has 3 heteroatoms. The predicted octanol–water partition coefficient (Wildman–Crippen LogP) is 2.51. The summed E-state index contributed by atoms with van der Waals surface area (Å²) in [5.74, 6) is 1.18. The van der Waals surface area contributed by atoms with Crippen molar-refractivity contribution in [1.82, 2.24) is 5.32 Å². The van der Waals surface area contributed by atoms with Gasteiger partial charge in [0.25, 0.3) is 0 Å². The van der Waals surface area contributed by atoms with E-state index in [2.05, 4.69) is 5.32 Å². The zero-order valence-corrected chi connectivity index (χ0v) is 9.63. The summed E-state index contributed by atoms with van der Waals surface area (Å²) < 4.78 is 18.7. The van der Waals surface area contributed by atoms with Crippen LogP contribution in [-0.2, 0) is 0 Å². The molecular weight excluding hydrogens is 205 g/mol. The van der Waals surface area contributed by atoms with Crippen molar-refractivity contribution in [2.24, 2.45) is 5.92 Å². The topological polar surface area (TPSA) is 21.3 Å². The van der Waals surface area contributed by atoms with Gasteiger partial charge in [-0.25, -0.2) is 4.39 Å². The number of aryl methyl sites for hydroxylation is 1. The highest BCUT2D eigenvalue weighted by Gasteiger charge is 2.13. The first-order valence-electron chi connectivity index (χ1n) is 5.85. The van der Waals surface area contributed by atoms with Crippen molar-refractivity contribution in [2.45, 2.75) is 19.8 Å². The molecule has 1 atom stereocenters. The van der Waals surface area contributed by atoms with Gasteiger partial charge in [0, 0.05) is 12.5 Å². The molecule has 2 rings (SSSR count). The molecule has 0 spiro atoms. The van der Waals surface area contributed by atoms with Crippen LogP contribution in [0.4, 0.5) is 4.39 Å². The van der Waals surface area contributed by atoms with E-state index in [1.54, 1.807) is 19.1 Å². The SMILES string of the molecule is Cc1cc(OCC2CCCNC2)ccc1F. The molecule has 1 fully saturated rings. The Bertz CT molecular complexity index is 348. The lowest BCUT2D eigenvalue weighted by molar-refractivity contribution is 0.218. The van der Waals surface area contributed by atoms with Gasteiger partial charge in [0.05, 0.1) is 6.61 Å².